The fourth-order valence-corrected chi connectivity index (χ4v) is 4.26. The molecule has 10 heteroatoms. The van der Waals surface area contributed by atoms with Crippen LogP contribution in [0, 0.1) is 5.92 Å². The highest BCUT2D eigenvalue weighted by atomic mass is 32.2. The Morgan fingerprint density at radius 3 is 2.37 bits per heavy atom. The van der Waals surface area contributed by atoms with Crippen LogP contribution >= 0.6 is 24.4 Å². The van der Waals surface area contributed by atoms with E-state index in [2.05, 4.69) is 17.9 Å². The van der Waals surface area contributed by atoms with Crippen LogP contribution in [0.3, 0.4) is 0 Å². The van der Waals surface area contributed by atoms with Gasteiger partial charge in [0.1, 0.15) is 6.04 Å². The highest BCUT2D eigenvalue weighted by molar-refractivity contribution is 7.98. The number of thiol groups is 1. The number of rotatable bonds is 16. The van der Waals surface area contributed by atoms with Gasteiger partial charge in [-0.25, -0.2) is 4.79 Å². The Hall–Kier alpha value is -1.59. The number of amides is 1. The van der Waals surface area contributed by atoms with Gasteiger partial charge in [0.2, 0.25) is 5.91 Å². The third-order valence-electron chi connectivity index (χ3n) is 5.85. The summed E-state index contributed by atoms with van der Waals surface area (Å²) in [6.07, 6.45) is 3.06. The molecule has 198 valence electrons. The van der Waals surface area contributed by atoms with Crippen molar-refractivity contribution in [3.8, 4) is 0 Å². The molecule has 0 aliphatic carbocycles. The molecule has 1 amide bonds. The number of nitrogens with two attached hydrogens (primary N) is 2. The van der Waals surface area contributed by atoms with E-state index in [0.717, 1.165) is 6.42 Å². The molecule has 5 atom stereocenters. The summed E-state index contributed by atoms with van der Waals surface area (Å²) in [6, 6.07) is 4.36. The molecule has 0 radical (unpaired) electrons. The second kappa shape index (κ2) is 16.2. The molecule has 0 bridgehead atoms. The van der Waals surface area contributed by atoms with E-state index >= 15 is 0 Å². The fourth-order valence-electron chi connectivity index (χ4n) is 3.67. The molecule has 1 aromatic carbocycles. The predicted octanol–water partition coefficient (Wildman–Crippen LogP) is 2.50. The highest BCUT2D eigenvalue weighted by Gasteiger charge is 2.36. The largest absolute Gasteiger partial charge is 0.464 e. The standard InChI is InChI=1S/C25H42N4O4S2/c1-6-16(3)22(28-14-18(27)15-34)23(30)19-10-8-9-11-20(19)29(24(31)17(4)26)21(12-13-35-5)25(32)33-7-2/h8-11,16-18,21-22,28,34H,6-7,12-15,26-27H2,1-5H3/t16-,17-,18+,21-,22-/m0/s1. The van der Waals surface area contributed by atoms with E-state index in [4.69, 9.17) is 16.2 Å². The van der Waals surface area contributed by atoms with Gasteiger partial charge in [0, 0.05) is 23.9 Å². The van der Waals surface area contributed by atoms with Crippen molar-refractivity contribution in [2.24, 2.45) is 17.4 Å². The lowest BCUT2D eigenvalue weighted by molar-refractivity contribution is -0.146. The fraction of sp³-hybridized carbons (Fsp3) is 0.640. The number of ketones is 1. The van der Waals surface area contributed by atoms with Crippen LogP contribution in [0.25, 0.3) is 0 Å². The van der Waals surface area contributed by atoms with Gasteiger partial charge in [-0.05, 0) is 50.3 Å². The molecule has 1 rings (SSSR count). The van der Waals surface area contributed by atoms with Crippen molar-refractivity contribution in [2.75, 3.05) is 35.8 Å². The van der Waals surface area contributed by atoms with Gasteiger partial charge < -0.3 is 21.5 Å². The number of anilines is 1. The van der Waals surface area contributed by atoms with Crippen LogP contribution in [-0.4, -0.2) is 72.7 Å². The molecule has 0 fully saturated rings. The summed E-state index contributed by atoms with van der Waals surface area (Å²) in [5.74, 6) is -0.0168. The topological polar surface area (TPSA) is 128 Å². The summed E-state index contributed by atoms with van der Waals surface area (Å²) in [5, 5.41) is 3.30. The maximum absolute atomic E-state index is 13.9. The first kappa shape index (κ1) is 31.4. The van der Waals surface area contributed by atoms with E-state index in [-0.39, 0.29) is 24.3 Å². The van der Waals surface area contributed by atoms with E-state index in [9.17, 15) is 14.4 Å². The lowest BCUT2D eigenvalue weighted by Gasteiger charge is -2.34. The first-order valence-electron chi connectivity index (χ1n) is 12.1. The second-order valence-corrected chi connectivity index (χ2v) is 9.99. The number of hydrogen-bond donors (Lipinski definition) is 4. The zero-order valence-electron chi connectivity index (χ0n) is 21.5. The number of Topliss-reactive ketones (excluding diaryl/α,β-unsaturated/α-hetero) is 1. The van der Waals surface area contributed by atoms with Gasteiger partial charge in [-0.15, -0.1) is 0 Å². The normalized spacial score (nSPS) is 15.5. The van der Waals surface area contributed by atoms with E-state index in [1.807, 2.05) is 20.1 Å². The van der Waals surface area contributed by atoms with Gasteiger partial charge in [-0.3, -0.25) is 14.5 Å². The summed E-state index contributed by atoms with van der Waals surface area (Å²) < 4.78 is 5.31. The van der Waals surface area contributed by atoms with Gasteiger partial charge in [0.25, 0.3) is 0 Å². The predicted molar refractivity (Wildman–Crippen MR) is 148 cm³/mol. The van der Waals surface area contributed by atoms with E-state index in [1.54, 1.807) is 49.9 Å². The number of carbonyl (C=O) groups is 3. The molecule has 0 aromatic heterocycles. The monoisotopic (exact) mass is 526 g/mol. The van der Waals surface area contributed by atoms with Crippen LogP contribution in [0.5, 0.6) is 0 Å². The van der Waals surface area contributed by atoms with Gasteiger partial charge in [0.15, 0.2) is 5.78 Å². The molecule has 0 aliphatic rings. The van der Waals surface area contributed by atoms with Crippen molar-refractivity contribution in [1.29, 1.82) is 0 Å². The first-order valence-corrected chi connectivity index (χ1v) is 14.1. The Morgan fingerprint density at radius 2 is 1.83 bits per heavy atom. The molecular weight excluding hydrogens is 484 g/mol. The van der Waals surface area contributed by atoms with Gasteiger partial charge >= 0.3 is 5.97 Å². The molecule has 0 saturated carbocycles. The molecule has 35 heavy (non-hydrogen) atoms. The van der Waals surface area contributed by atoms with Crippen molar-refractivity contribution in [2.45, 2.75) is 64.7 Å². The smallest absolute Gasteiger partial charge is 0.329 e. The number of carbonyl (C=O) groups excluding carboxylic acids is 3. The number of hydrogen-bond acceptors (Lipinski definition) is 9. The Morgan fingerprint density at radius 1 is 1.17 bits per heavy atom. The lowest BCUT2D eigenvalue weighted by Crippen LogP contribution is -2.53. The molecular formula is C25H42N4O4S2. The third-order valence-corrected chi connectivity index (χ3v) is 6.96. The minimum absolute atomic E-state index is 0.0117. The molecule has 0 aliphatic heterocycles. The van der Waals surface area contributed by atoms with E-state index < -0.39 is 30.0 Å². The Kier molecular flexibility index (Phi) is 14.6. The van der Waals surface area contributed by atoms with Crippen LogP contribution in [0.1, 0.15) is 50.9 Å². The number of nitrogens with one attached hydrogen (secondary N) is 1. The van der Waals surface area contributed by atoms with Gasteiger partial charge in [-0.1, -0.05) is 32.4 Å². The van der Waals surface area contributed by atoms with Crippen LogP contribution in [0.2, 0.25) is 0 Å². The van der Waals surface area contributed by atoms with Crippen LogP contribution in [0.4, 0.5) is 5.69 Å². The second-order valence-electron chi connectivity index (χ2n) is 8.64. The summed E-state index contributed by atoms with van der Waals surface area (Å²) in [5.41, 5.74) is 12.7. The molecule has 8 nitrogen and oxygen atoms in total. The molecule has 0 spiro atoms. The molecule has 1 aromatic rings. The Labute approximate surface area is 219 Å². The Bertz CT molecular complexity index is 824. The number of thioether (sulfide) groups is 1. The van der Waals surface area contributed by atoms with Crippen LogP contribution in [-0.2, 0) is 14.3 Å². The van der Waals surface area contributed by atoms with Crippen LogP contribution < -0.4 is 21.7 Å². The number of ether oxygens (including phenoxy) is 1. The van der Waals surface area contributed by atoms with Gasteiger partial charge in [0.05, 0.1) is 24.4 Å². The average Bonchev–Trinajstić information content (AvgIpc) is 2.85. The van der Waals surface area contributed by atoms with Crippen molar-refractivity contribution >= 4 is 47.7 Å². The van der Waals surface area contributed by atoms with E-state index in [0.29, 0.717) is 35.7 Å². The molecule has 0 heterocycles. The first-order chi connectivity index (χ1) is 16.6. The zero-order chi connectivity index (χ0) is 26.5. The van der Waals surface area contributed by atoms with Crippen molar-refractivity contribution in [3.63, 3.8) is 0 Å². The summed E-state index contributed by atoms with van der Waals surface area (Å²) >= 11 is 5.79. The minimum Gasteiger partial charge on any atom is -0.464 e. The SMILES string of the molecule is CCOC(=O)[C@H](CCSC)N(C(=O)[C@H](C)N)c1ccccc1C(=O)[C@@H](NC[C@@H](N)CS)[C@@H](C)CC. The maximum atomic E-state index is 13.9. The zero-order valence-corrected chi connectivity index (χ0v) is 23.2. The van der Waals surface area contributed by atoms with Crippen molar-refractivity contribution < 1.29 is 19.1 Å². The lowest BCUT2D eigenvalue weighted by atomic mass is 9.90. The van der Waals surface area contributed by atoms with Crippen molar-refractivity contribution in [3.05, 3.63) is 29.8 Å². The number of para-hydroxylation sites is 1. The summed E-state index contributed by atoms with van der Waals surface area (Å²) in [4.78, 5) is 41.6. The highest BCUT2D eigenvalue weighted by Crippen LogP contribution is 2.28. The number of esters is 1. The summed E-state index contributed by atoms with van der Waals surface area (Å²) in [6.45, 7) is 7.90. The van der Waals surface area contributed by atoms with Crippen molar-refractivity contribution in [1.82, 2.24) is 5.32 Å². The Balaban J connectivity index is 3.60. The number of nitrogens with zero attached hydrogens (tertiary/aromatic N) is 1. The average molecular weight is 527 g/mol. The maximum Gasteiger partial charge on any atom is 0.329 e. The van der Waals surface area contributed by atoms with Crippen LogP contribution in [0.15, 0.2) is 24.3 Å². The third kappa shape index (κ3) is 9.09. The summed E-state index contributed by atoms with van der Waals surface area (Å²) in [7, 11) is 0. The minimum atomic E-state index is -0.900. The molecule has 0 saturated heterocycles. The van der Waals surface area contributed by atoms with Gasteiger partial charge in [-0.2, -0.15) is 24.4 Å². The molecule has 0 unspecified atom stereocenters. The van der Waals surface area contributed by atoms with E-state index in [1.165, 1.54) is 4.90 Å². The quantitative estimate of drug-likeness (QED) is 0.147. The number of benzene rings is 1. The molecule has 5 N–H and O–H groups in total.